The maximum Gasteiger partial charge on any atom is 0.240 e. The van der Waals surface area contributed by atoms with E-state index in [1.165, 1.54) is 6.92 Å². The van der Waals surface area contributed by atoms with Gasteiger partial charge < -0.3 is 9.47 Å². The lowest BCUT2D eigenvalue weighted by Crippen LogP contribution is -2.24. The molecule has 122 valence electrons. The third-order valence-electron chi connectivity index (χ3n) is 4.19. The van der Waals surface area contributed by atoms with Crippen LogP contribution < -0.4 is 9.47 Å². The molecule has 0 aromatic heterocycles. The van der Waals surface area contributed by atoms with Crippen LogP contribution in [0.15, 0.2) is 52.0 Å². The topological polar surface area (TPSA) is 51.1 Å². The summed E-state index contributed by atoms with van der Waals surface area (Å²) in [5.74, 6) is 1.39. The predicted molar refractivity (Wildman–Crippen MR) is 93.1 cm³/mol. The Kier molecular flexibility index (Phi) is 3.76. The van der Waals surface area contributed by atoms with E-state index in [-0.39, 0.29) is 18.7 Å². The fourth-order valence-corrected chi connectivity index (χ4v) is 3.26. The molecule has 0 fully saturated rings. The van der Waals surface area contributed by atoms with E-state index in [0.29, 0.717) is 6.42 Å². The monoisotopic (exact) mass is 386 g/mol. The van der Waals surface area contributed by atoms with Crippen LogP contribution >= 0.6 is 15.9 Å². The molecule has 2 aliphatic heterocycles. The molecule has 6 heteroatoms. The number of benzene rings is 2. The van der Waals surface area contributed by atoms with E-state index in [1.807, 2.05) is 42.5 Å². The molecule has 2 aliphatic rings. The summed E-state index contributed by atoms with van der Waals surface area (Å²) >= 11 is 3.44. The van der Waals surface area contributed by atoms with Crippen molar-refractivity contribution in [1.82, 2.24) is 5.01 Å². The van der Waals surface area contributed by atoms with Gasteiger partial charge in [-0.1, -0.05) is 28.1 Å². The second-order valence-electron chi connectivity index (χ2n) is 5.75. The van der Waals surface area contributed by atoms with E-state index in [9.17, 15) is 4.79 Å². The normalized spacial score (nSPS) is 18.7. The Bertz CT molecular complexity index is 833. The number of hydrazone groups is 1. The molecular weight excluding hydrogens is 372 g/mol. The second-order valence-corrected chi connectivity index (χ2v) is 6.67. The van der Waals surface area contributed by atoms with Gasteiger partial charge in [-0.15, -0.1) is 0 Å². The fourth-order valence-electron chi connectivity index (χ4n) is 3.00. The van der Waals surface area contributed by atoms with E-state index >= 15 is 0 Å². The van der Waals surface area contributed by atoms with E-state index in [0.717, 1.165) is 32.8 Å². The standard InChI is InChI=1S/C18H15BrN2O3/c1-11(22)21-16(12-2-5-14(19)6-3-12)9-15(20-21)13-4-7-17-18(8-13)24-10-23-17/h2-8,16H,9-10H2,1H3/t16-/m1/s1. The molecule has 0 saturated heterocycles. The average Bonchev–Trinajstić information content (AvgIpc) is 3.21. The van der Waals surface area contributed by atoms with Crippen molar-refractivity contribution < 1.29 is 14.3 Å². The number of carbonyl (C=O) groups excluding carboxylic acids is 1. The lowest BCUT2D eigenvalue weighted by atomic mass is 9.98. The van der Waals surface area contributed by atoms with Crippen molar-refractivity contribution in [2.24, 2.45) is 5.10 Å². The third kappa shape index (κ3) is 2.67. The van der Waals surface area contributed by atoms with Crippen LogP contribution in [0.4, 0.5) is 0 Å². The number of amides is 1. The summed E-state index contributed by atoms with van der Waals surface area (Å²) in [6.07, 6.45) is 0.668. The van der Waals surface area contributed by atoms with Crippen LogP contribution in [0.3, 0.4) is 0 Å². The van der Waals surface area contributed by atoms with Gasteiger partial charge in [0.15, 0.2) is 11.5 Å². The first-order valence-electron chi connectivity index (χ1n) is 7.64. The largest absolute Gasteiger partial charge is 0.454 e. The second kappa shape index (κ2) is 5.94. The number of hydrogen-bond donors (Lipinski definition) is 0. The molecule has 24 heavy (non-hydrogen) atoms. The molecule has 0 bridgehead atoms. The highest BCUT2D eigenvalue weighted by Gasteiger charge is 2.31. The molecule has 0 saturated carbocycles. The lowest BCUT2D eigenvalue weighted by Gasteiger charge is -2.20. The molecule has 2 aromatic carbocycles. The molecule has 0 spiro atoms. The quantitative estimate of drug-likeness (QED) is 0.786. The summed E-state index contributed by atoms with van der Waals surface area (Å²) in [4.78, 5) is 12.0. The maximum absolute atomic E-state index is 12.0. The number of hydrogen-bond acceptors (Lipinski definition) is 4. The van der Waals surface area contributed by atoms with Gasteiger partial charge in [0.05, 0.1) is 11.8 Å². The van der Waals surface area contributed by atoms with Gasteiger partial charge in [0.1, 0.15) is 0 Å². The van der Waals surface area contributed by atoms with Gasteiger partial charge in [-0.25, -0.2) is 5.01 Å². The lowest BCUT2D eigenvalue weighted by molar-refractivity contribution is -0.130. The van der Waals surface area contributed by atoms with E-state index in [1.54, 1.807) is 5.01 Å². The van der Waals surface area contributed by atoms with Crippen molar-refractivity contribution in [2.75, 3.05) is 6.79 Å². The molecular formula is C18H15BrN2O3. The first kappa shape index (κ1) is 15.2. The van der Waals surface area contributed by atoms with Crippen LogP contribution in [-0.2, 0) is 4.79 Å². The predicted octanol–water partition coefficient (Wildman–Crippen LogP) is 3.88. The zero-order valence-corrected chi connectivity index (χ0v) is 14.6. The van der Waals surface area contributed by atoms with Gasteiger partial charge in [0.25, 0.3) is 0 Å². The highest BCUT2D eigenvalue weighted by Crippen LogP contribution is 2.37. The van der Waals surface area contributed by atoms with Crippen molar-refractivity contribution in [3.63, 3.8) is 0 Å². The van der Waals surface area contributed by atoms with Crippen LogP contribution in [0, 0.1) is 0 Å². The average molecular weight is 387 g/mol. The third-order valence-corrected chi connectivity index (χ3v) is 4.72. The van der Waals surface area contributed by atoms with Crippen molar-refractivity contribution in [3.8, 4) is 11.5 Å². The van der Waals surface area contributed by atoms with Gasteiger partial charge in [-0.3, -0.25) is 4.79 Å². The van der Waals surface area contributed by atoms with Crippen LogP contribution in [-0.4, -0.2) is 23.4 Å². The highest BCUT2D eigenvalue weighted by atomic mass is 79.9. The molecule has 1 atom stereocenters. The van der Waals surface area contributed by atoms with Crippen molar-refractivity contribution >= 4 is 27.5 Å². The molecule has 0 aliphatic carbocycles. The highest BCUT2D eigenvalue weighted by molar-refractivity contribution is 9.10. The fraction of sp³-hybridized carbons (Fsp3) is 0.222. The zero-order chi connectivity index (χ0) is 16.7. The number of nitrogens with zero attached hydrogens (tertiary/aromatic N) is 2. The number of carbonyl (C=O) groups is 1. The molecule has 5 nitrogen and oxygen atoms in total. The Morgan fingerprint density at radius 2 is 1.92 bits per heavy atom. The first-order valence-corrected chi connectivity index (χ1v) is 8.44. The Morgan fingerprint density at radius 1 is 1.17 bits per heavy atom. The van der Waals surface area contributed by atoms with Crippen LogP contribution in [0.5, 0.6) is 11.5 Å². The Labute approximate surface area is 148 Å². The summed E-state index contributed by atoms with van der Waals surface area (Å²) in [6.45, 7) is 1.78. The Morgan fingerprint density at radius 3 is 2.67 bits per heavy atom. The van der Waals surface area contributed by atoms with Crippen LogP contribution in [0.1, 0.15) is 30.5 Å². The molecule has 4 rings (SSSR count). The molecule has 0 N–H and O–H groups in total. The summed E-state index contributed by atoms with van der Waals surface area (Å²) in [7, 11) is 0. The van der Waals surface area contributed by atoms with Crippen LogP contribution in [0.25, 0.3) is 0 Å². The molecule has 2 aromatic rings. The van der Waals surface area contributed by atoms with E-state index < -0.39 is 0 Å². The minimum absolute atomic E-state index is 0.0707. The van der Waals surface area contributed by atoms with Gasteiger partial charge >= 0.3 is 0 Å². The maximum atomic E-state index is 12.0. The zero-order valence-electron chi connectivity index (χ0n) is 13.0. The molecule has 0 radical (unpaired) electrons. The number of rotatable bonds is 2. The summed E-state index contributed by atoms with van der Waals surface area (Å²) in [5, 5.41) is 6.11. The Hall–Kier alpha value is -2.34. The molecule has 2 heterocycles. The van der Waals surface area contributed by atoms with Gasteiger partial charge in [0.2, 0.25) is 12.7 Å². The van der Waals surface area contributed by atoms with Crippen molar-refractivity contribution in [2.45, 2.75) is 19.4 Å². The van der Waals surface area contributed by atoms with Crippen molar-refractivity contribution in [3.05, 3.63) is 58.1 Å². The number of ether oxygens (including phenoxy) is 2. The Balaban J connectivity index is 1.66. The minimum atomic E-state index is -0.0870. The number of halogens is 1. The molecule has 0 unspecified atom stereocenters. The van der Waals surface area contributed by atoms with Gasteiger partial charge in [-0.2, -0.15) is 5.10 Å². The summed E-state index contributed by atoms with van der Waals surface area (Å²) in [6, 6.07) is 13.7. The minimum Gasteiger partial charge on any atom is -0.454 e. The summed E-state index contributed by atoms with van der Waals surface area (Å²) in [5.41, 5.74) is 2.88. The smallest absolute Gasteiger partial charge is 0.240 e. The van der Waals surface area contributed by atoms with Crippen molar-refractivity contribution in [1.29, 1.82) is 0 Å². The number of fused-ring (bicyclic) bond motifs is 1. The molecule has 1 amide bonds. The van der Waals surface area contributed by atoms with E-state index in [2.05, 4.69) is 21.0 Å². The van der Waals surface area contributed by atoms with Gasteiger partial charge in [0, 0.05) is 23.4 Å². The first-order chi connectivity index (χ1) is 11.6. The SMILES string of the molecule is CC(=O)N1N=C(c2ccc3c(c2)OCO3)C[C@@H]1c1ccc(Br)cc1. The van der Waals surface area contributed by atoms with Crippen LogP contribution in [0.2, 0.25) is 0 Å². The summed E-state index contributed by atoms with van der Waals surface area (Å²) < 4.78 is 11.8. The van der Waals surface area contributed by atoms with E-state index in [4.69, 9.17) is 9.47 Å². The van der Waals surface area contributed by atoms with Gasteiger partial charge in [-0.05, 0) is 35.9 Å².